The molecular weight excluding hydrogens is 269 g/mol. The number of aromatic nitrogens is 2. The van der Waals surface area contributed by atoms with Crippen LogP contribution < -0.4 is 5.73 Å². The van der Waals surface area contributed by atoms with Crippen LogP contribution in [0.2, 0.25) is 0 Å². The van der Waals surface area contributed by atoms with E-state index in [2.05, 4.69) is 17.1 Å². The molecule has 1 fully saturated rings. The molecular formula is C16H20FN3O. The minimum atomic E-state index is -0.242. The van der Waals surface area contributed by atoms with Gasteiger partial charge in [-0.05, 0) is 37.5 Å². The lowest BCUT2D eigenvalue weighted by Gasteiger charge is -2.35. The van der Waals surface area contributed by atoms with Gasteiger partial charge in [0.25, 0.3) is 0 Å². The van der Waals surface area contributed by atoms with Gasteiger partial charge >= 0.3 is 0 Å². The van der Waals surface area contributed by atoms with E-state index >= 15 is 0 Å². The normalized spacial score (nSPS) is 26.0. The first kappa shape index (κ1) is 14.2. The molecule has 112 valence electrons. The Morgan fingerprint density at radius 2 is 2.10 bits per heavy atom. The fraction of sp³-hybridized carbons (Fsp3) is 0.500. The monoisotopic (exact) mass is 289 g/mol. The first-order valence-electron chi connectivity index (χ1n) is 7.41. The highest BCUT2D eigenvalue weighted by Gasteiger charge is 2.40. The maximum absolute atomic E-state index is 12.9. The Bertz CT molecular complexity index is 610. The highest BCUT2D eigenvalue weighted by Crippen LogP contribution is 2.37. The van der Waals surface area contributed by atoms with E-state index in [1.54, 1.807) is 12.1 Å². The minimum absolute atomic E-state index is 0.0605. The quantitative estimate of drug-likeness (QED) is 0.943. The first-order valence-corrected chi connectivity index (χ1v) is 7.41. The number of hydrogen-bond donors (Lipinski definition) is 1. The molecule has 3 rings (SSSR count). The molecule has 1 saturated carbocycles. The Morgan fingerprint density at radius 3 is 2.81 bits per heavy atom. The third-order valence-corrected chi connectivity index (χ3v) is 4.51. The molecule has 0 spiro atoms. The van der Waals surface area contributed by atoms with Gasteiger partial charge in [0.05, 0.1) is 5.41 Å². The molecule has 2 unspecified atom stereocenters. The summed E-state index contributed by atoms with van der Waals surface area (Å²) in [6, 6.07) is 6.41. The largest absolute Gasteiger partial charge is 0.339 e. The lowest BCUT2D eigenvalue weighted by molar-refractivity contribution is 0.203. The van der Waals surface area contributed by atoms with Crippen molar-refractivity contribution in [1.29, 1.82) is 0 Å². The van der Waals surface area contributed by atoms with Gasteiger partial charge in [-0.15, -0.1) is 0 Å². The van der Waals surface area contributed by atoms with E-state index in [1.165, 1.54) is 12.1 Å². The number of nitrogens with zero attached hydrogens (tertiary/aromatic N) is 2. The van der Waals surface area contributed by atoms with Gasteiger partial charge in [0, 0.05) is 12.5 Å². The molecule has 0 amide bonds. The predicted octanol–water partition coefficient (Wildman–Crippen LogP) is 2.96. The highest BCUT2D eigenvalue weighted by atomic mass is 19.1. The standard InChI is InChI=1S/C16H20FN3O/c1-16(9-3-2-4-13(16)18)15-19-14(20-21-15)10-11-5-7-12(17)8-6-11/h5-8,13H,2-4,9-10,18H2,1H3. The van der Waals surface area contributed by atoms with E-state index in [0.717, 1.165) is 31.2 Å². The topological polar surface area (TPSA) is 64.9 Å². The van der Waals surface area contributed by atoms with E-state index in [4.69, 9.17) is 10.3 Å². The van der Waals surface area contributed by atoms with Crippen molar-refractivity contribution in [2.45, 2.75) is 50.5 Å². The molecule has 1 heterocycles. The highest BCUT2D eigenvalue weighted by molar-refractivity contribution is 5.20. The van der Waals surface area contributed by atoms with Crippen LogP contribution in [0.1, 0.15) is 49.9 Å². The number of halogens is 1. The SMILES string of the molecule is CC1(c2nc(Cc3ccc(F)cc3)no2)CCCCC1N. The Labute approximate surface area is 123 Å². The Balaban J connectivity index is 1.78. The molecule has 2 aromatic rings. The van der Waals surface area contributed by atoms with Crippen molar-refractivity contribution >= 4 is 0 Å². The van der Waals surface area contributed by atoms with Crippen LogP contribution in [-0.4, -0.2) is 16.2 Å². The molecule has 1 aromatic heterocycles. The summed E-state index contributed by atoms with van der Waals surface area (Å²) in [5.74, 6) is 1.01. The third-order valence-electron chi connectivity index (χ3n) is 4.51. The Kier molecular flexibility index (Phi) is 3.76. The molecule has 1 aliphatic rings. The van der Waals surface area contributed by atoms with Crippen molar-refractivity contribution in [3.8, 4) is 0 Å². The Hall–Kier alpha value is -1.75. The average molecular weight is 289 g/mol. The zero-order valence-corrected chi connectivity index (χ0v) is 12.2. The lowest BCUT2D eigenvalue weighted by atomic mass is 9.72. The predicted molar refractivity (Wildman–Crippen MR) is 77.3 cm³/mol. The molecule has 2 N–H and O–H groups in total. The van der Waals surface area contributed by atoms with Crippen LogP contribution >= 0.6 is 0 Å². The van der Waals surface area contributed by atoms with Crippen LogP contribution in [0.4, 0.5) is 4.39 Å². The number of hydrogen-bond acceptors (Lipinski definition) is 4. The summed E-state index contributed by atoms with van der Waals surface area (Å²) in [6.07, 6.45) is 4.81. The van der Waals surface area contributed by atoms with E-state index in [1.807, 2.05) is 0 Å². The van der Waals surface area contributed by atoms with E-state index in [0.29, 0.717) is 18.1 Å². The summed E-state index contributed by atoms with van der Waals surface area (Å²) in [4.78, 5) is 4.52. The van der Waals surface area contributed by atoms with E-state index in [9.17, 15) is 4.39 Å². The second kappa shape index (κ2) is 5.56. The molecule has 0 saturated heterocycles. The van der Waals surface area contributed by atoms with Crippen molar-refractivity contribution < 1.29 is 8.91 Å². The minimum Gasteiger partial charge on any atom is -0.339 e. The van der Waals surface area contributed by atoms with Crippen molar-refractivity contribution in [1.82, 2.24) is 10.1 Å². The van der Waals surface area contributed by atoms with Crippen molar-refractivity contribution in [3.63, 3.8) is 0 Å². The number of rotatable bonds is 3. The van der Waals surface area contributed by atoms with Gasteiger partial charge in [0.15, 0.2) is 5.82 Å². The number of benzene rings is 1. The van der Waals surface area contributed by atoms with Crippen molar-refractivity contribution in [2.24, 2.45) is 5.73 Å². The molecule has 5 heteroatoms. The van der Waals surface area contributed by atoms with E-state index in [-0.39, 0.29) is 17.3 Å². The van der Waals surface area contributed by atoms with Crippen molar-refractivity contribution in [3.05, 3.63) is 47.4 Å². The smallest absolute Gasteiger partial charge is 0.234 e. The summed E-state index contributed by atoms with van der Waals surface area (Å²) < 4.78 is 18.4. The van der Waals surface area contributed by atoms with Crippen LogP contribution in [0.25, 0.3) is 0 Å². The van der Waals surface area contributed by atoms with E-state index < -0.39 is 0 Å². The average Bonchev–Trinajstić information content (AvgIpc) is 2.94. The summed E-state index contributed by atoms with van der Waals surface area (Å²) in [6.45, 7) is 2.10. The molecule has 21 heavy (non-hydrogen) atoms. The first-order chi connectivity index (χ1) is 10.1. The van der Waals surface area contributed by atoms with Gasteiger partial charge in [-0.3, -0.25) is 0 Å². The zero-order valence-electron chi connectivity index (χ0n) is 12.2. The zero-order chi connectivity index (χ0) is 14.9. The van der Waals surface area contributed by atoms with Crippen molar-refractivity contribution in [2.75, 3.05) is 0 Å². The summed E-state index contributed by atoms with van der Waals surface area (Å²) in [7, 11) is 0. The van der Waals surface area contributed by atoms with Gasteiger partial charge in [-0.2, -0.15) is 4.98 Å². The molecule has 4 nitrogen and oxygen atoms in total. The molecule has 1 aromatic carbocycles. The fourth-order valence-corrected chi connectivity index (χ4v) is 2.97. The van der Waals surface area contributed by atoms with Crippen LogP contribution in [0, 0.1) is 5.82 Å². The molecule has 0 radical (unpaired) electrons. The summed E-state index contributed by atoms with van der Waals surface area (Å²) in [5.41, 5.74) is 6.98. The maximum atomic E-state index is 12.9. The number of nitrogens with two attached hydrogens (primary N) is 1. The molecule has 1 aliphatic carbocycles. The Morgan fingerprint density at radius 1 is 1.33 bits per heavy atom. The van der Waals surface area contributed by atoms with Crippen LogP contribution in [0.3, 0.4) is 0 Å². The lowest BCUT2D eigenvalue weighted by Crippen LogP contribution is -2.45. The molecule has 2 atom stereocenters. The second-order valence-corrected chi connectivity index (χ2v) is 6.09. The summed E-state index contributed by atoms with van der Waals surface area (Å²) >= 11 is 0. The molecule has 0 bridgehead atoms. The summed E-state index contributed by atoms with van der Waals surface area (Å²) in [5, 5.41) is 4.05. The van der Waals surface area contributed by atoms with Gasteiger partial charge in [-0.1, -0.05) is 30.1 Å². The van der Waals surface area contributed by atoms with Crippen LogP contribution in [0.15, 0.2) is 28.8 Å². The van der Waals surface area contributed by atoms with Crippen LogP contribution in [0.5, 0.6) is 0 Å². The fourth-order valence-electron chi connectivity index (χ4n) is 2.97. The van der Waals surface area contributed by atoms with Crippen LogP contribution in [-0.2, 0) is 11.8 Å². The third kappa shape index (κ3) is 2.83. The van der Waals surface area contributed by atoms with Gasteiger partial charge in [-0.25, -0.2) is 4.39 Å². The van der Waals surface area contributed by atoms with Gasteiger partial charge < -0.3 is 10.3 Å². The van der Waals surface area contributed by atoms with Gasteiger partial charge in [0.2, 0.25) is 5.89 Å². The maximum Gasteiger partial charge on any atom is 0.234 e. The van der Waals surface area contributed by atoms with Gasteiger partial charge in [0.1, 0.15) is 5.82 Å². The molecule has 0 aliphatic heterocycles. The second-order valence-electron chi connectivity index (χ2n) is 6.09.